The molecular weight excluding hydrogens is 481 g/mol. The van der Waals surface area contributed by atoms with Crippen LogP contribution >= 0.6 is 24.0 Å². The van der Waals surface area contributed by atoms with E-state index in [2.05, 4.69) is 40.7 Å². The van der Waals surface area contributed by atoms with Gasteiger partial charge in [0.25, 0.3) is 0 Å². The van der Waals surface area contributed by atoms with Gasteiger partial charge in [0, 0.05) is 45.8 Å². The smallest absolute Gasteiger partial charge is 0.191 e. The minimum Gasteiger partial charge on any atom is -0.496 e. The summed E-state index contributed by atoms with van der Waals surface area (Å²) in [6.45, 7) is 4.68. The van der Waals surface area contributed by atoms with E-state index in [1.54, 1.807) is 21.3 Å². The highest BCUT2D eigenvalue weighted by atomic mass is 127. The molecule has 0 saturated carbocycles. The van der Waals surface area contributed by atoms with Gasteiger partial charge in [0.05, 0.1) is 13.7 Å². The number of halogens is 1. The lowest BCUT2D eigenvalue weighted by atomic mass is 10.1. The van der Waals surface area contributed by atoms with Crippen LogP contribution in [0.25, 0.3) is 0 Å². The monoisotopic (exact) mass is 513 g/mol. The topological polar surface area (TPSA) is 64.1 Å². The number of hydrogen-bond acceptors (Lipinski definition) is 4. The first-order chi connectivity index (χ1) is 13.7. The van der Waals surface area contributed by atoms with Crippen LogP contribution in [0.15, 0.2) is 47.5 Å². The molecule has 0 aliphatic rings. The maximum Gasteiger partial charge on any atom is 0.191 e. The first kappa shape index (κ1) is 25.0. The van der Waals surface area contributed by atoms with Gasteiger partial charge in [-0.15, -0.1) is 24.0 Å². The Kier molecular flexibility index (Phi) is 12.1. The summed E-state index contributed by atoms with van der Waals surface area (Å²) in [5.41, 5.74) is 3.38. The Balaban J connectivity index is 0.00000420. The number of rotatable bonds is 10. The van der Waals surface area contributed by atoms with E-state index < -0.39 is 0 Å². The second-order valence-corrected chi connectivity index (χ2v) is 6.44. The predicted octanol–water partition coefficient (Wildman–Crippen LogP) is 3.90. The molecule has 2 rings (SSSR count). The van der Waals surface area contributed by atoms with Crippen molar-refractivity contribution in [1.29, 1.82) is 0 Å². The predicted molar refractivity (Wildman–Crippen MR) is 129 cm³/mol. The summed E-state index contributed by atoms with van der Waals surface area (Å²) in [4.78, 5) is 4.29. The van der Waals surface area contributed by atoms with Crippen molar-refractivity contribution in [3.8, 4) is 11.5 Å². The Hall–Kier alpha value is -2.00. The molecule has 0 unspecified atom stereocenters. The number of aryl methyl sites for hydroxylation is 1. The van der Waals surface area contributed by atoms with Crippen molar-refractivity contribution < 1.29 is 14.2 Å². The minimum atomic E-state index is 0. The Morgan fingerprint density at radius 3 is 2.52 bits per heavy atom. The molecule has 0 atom stereocenters. The quantitative estimate of drug-likeness (QED) is 0.219. The third kappa shape index (κ3) is 8.91. The van der Waals surface area contributed by atoms with Crippen molar-refractivity contribution in [2.75, 3.05) is 34.5 Å². The van der Waals surface area contributed by atoms with Gasteiger partial charge in [0.15, 0.2) is 5.96 Å². The zero-order valence-corrected chi connectivity index (χ0v) is 20.0. The van der Waals surface area contributed by atoms with Crippen LogP contribution < -0.4 is 20.1 Å². The minimum absolute atomic E-state index is 0. The van der Waals surface area contributed by atoms with Gasteiger partial charge < -0.3 is 24.8 Å². The summed E-state index contributed by atoms with van der Waals surface area (Å²) >= 11 is 0. The Labute approximate surface area is 191 Å². The van der Waals surface area contributed by atoms with E-state index in [0.29, 0.717) is 26.3 Å². The molecule has 6 nitrogen and oxygen atoms in total. The molecule has 0 radical (unpaired) electrons. The molecule has 7 heteroatoms. The van der Waals surface area contributed by atoms with Gasteiger partial charge in [-0.3, -0.25) is 4.99 Å². The molecule has 29 heavy (non-hydrogen) atoms. The molecule has 2 aromatic carbocycles. The highest BCUT2D eigenvalue weighted by molar-refractivity contribution is 14.0. The van der Waals surface area contributed by atoms with Crippen molar-refractivity contribution in [2.45, 2.75) is 26.4 Å². The van der Waals surface area contributed by atoms with Gasteiger partial charge in [-0.05, 0) is 36.2 Å². The van der Waals surface area contributed by atoms with E-state index in [1.165, 1.54) is 5.56 Å². The highest BCUT2D eigenvalue weighted by Crippen LogP contribution is 2.19. The molecule has 2 aromatic rings. The van der Waals surface area contributed by atoms with Gasteiger partial charge in [-0.1, -0.05) is 24.3 Å². The summed E-state index contributed by atoms with van der Waals surface area (Å²) in [7, 11) is 5.15. The van der Waals surface area contributed by atoms with Crippen LogP contribution in [0.1, 0.15) is 23.1 Å². The normalized spacial score (nSPS) is 10.8. The van der Waals surface area contributed by atoms with Gasteiger partial charge >= 0.3 is 0 Å². The molecule has 0 spiro atoms. The van der Waals surface area contributed by atoms with Crippen molar-refractivity contribution in [1.82, 2.24) is 10.6 Å². The van der Waals surface area contributed by atoms with Crippen LogP contribution in [-0.2, 0) is 17.8 Å². The second kappa shape index (κ2) is 14.1. The van der Waals surface area contributed by atoms with E-state index in [9.17, 15) is 0 Å². The van der Waals surface area contributed by atoms with Gasteiger partial charge in [0.2, 0.25) is 0 Å². The molecule has 2 N–H and O–H groups in total. The van der Waals surface area contributed by atoms with Crippen LogP contribution in [0.5, 0.6) is 11.5 Å². The third-order valence-electron chi connectivity index (χ3n) is 4.23. The van der Waals surface area contributed by atoms with E-state index in [4.69, 9.17) is 14.2 Å². The average molecular weight is 513 g/mol. The van der Waals surface area contributed by atoms with E-state index >= 15 is 0 Å². The molecule has 0 aromatic heterocycles. The lowest BCUT2D eigenvalue weighted by Gasteiger charge is -2.14. The second-order valence-electron chi connectivity index (χ2n) is 6.44. The Bertz CT molecular complexity index is 769. The largest absolute Gasteiger partial charge is 0.496 e. The van der Waals surface area contributed by atoms with Gasteiger partial charge in [0.1, 0.15) is 11.5 Å². The number of benzene rings is 2. The number of methoxy groups -OCH3 is 2. The van der Waals surface area contributed by atoms with Gasteiger partial charge in [-0.2, -0.15) is 0 Å². The maximum absolute atomic E-state index is 5.75. The molecular formula is C22H32IN3O3. The number of ether oxygens (including phenoxy) is 3. The first-order valence-corrected chi connectivity index (χ1v) is 9.45. The number of aliphatic imine (C=N–C) groups is 1. The fourth-order valence-electron chi connectivity index (χ4n) is 2.72. The lowest BCUT2D eigenvalue weighted by Crippen LogP contribution is -2.36. The fourth-order valence-corrected chi connectivity index (χ4v) is 2.72. The molecule has 0 amide bonds. The van der Waals surface area contributed by atoms with Crippen LogP contribution in [0.4, 0.5) is 0 Å². The number of hydrogen-bond donors (Lipinski definition) is 2. The molecule has 0 saturated heterocycles. The van der Waals surface area contributed by atoms with Crippen LogP contribution in [0, 0.1) is 6.92 Å². The van der Waals surface area contributed by atoms with Crippen molar-refractivity contribution in [3.63, 3.8) is 0 Å². The molecule has 0 bridgehead atoms. The van der Waals surface area contributed by atoms with Crippen molar-refractivity contribution in [2.24, 2.45) is 4.99 Å². The van der Waals surface area contributed by atoms with Crippen LogP contribution in [0.2, 0.25) is 0 Å². The van der Waals surface area contributed by atoms with Crippen LogP contribution in [-0.4, -0.2) is 40.4 Å². The van der Waals surface area contributed by atoms with E-state index in [1.807, 2.05) is 24.3 Å². The fraction of sp³-hybridized carbons (Fsp3) is 0.409. The standard InChI is InChI=1S/C22H31N3O3.HI/c1-17-9-10-19(21(13-17)27-4)16-25-22(23-2)24-15-18-7-5-8-20(14-18)28-12-6-11-26-3;/h5,7-10,13-14H,6,11-12,15-16H2,1-4H3,(H2,23,24,25);1H. The zero-order chi connectivity index (χ0) is 20.2. The number of guanidine groups is 1. The average Bonchev–Trinajstić information content (AvgIpc) is 2.72. The summed E-state index contributed by atoms with van der Waals surface area (Å²) in [6.07, 6.45) is 0.873. The van der Waals surface area contributed by atoms with Crippen molar-refractivity contribution >= 4 is 29.9 Å². The SMILES string of the molecule is CN=C(NCc1cccc(OCCCOC)c1)NCc1ccc(C)cc1OC.I. The lowest BCUT2D eigenvalue weighted by molar-refractivity contribution is 0.172. The Morgan fingerprint density at radius 1 is 1.00 bits per heavy atom. The first-order valence-electron chi connectivity index (χ1n) is 9.45. The highest BCUT2D eigenvalue weighted by Gasteiger charge is 2.05. The maximum atomic E-state index is 5.75. The van der Waals surface area contributed by atoms with Gasteiger partial charge in [-0.25, -0.2) is 0 Å². The van der Waals surface area contributed by atoms with Crippen molar-refractivity contribution in [3.05, 3.63) is 59.2 Å². The van der Waals surface area contributed by atoms with E-state index in [-0.39, 0.29) is 24.0 Å². The van der Waals surface area contributed by atoms with Crippen LogP contribution in [0.3, 0.4) is 0 Å². The number of nitrogens with one attached hydrogen (secondary N) is 2. The summed E-state index contributed by atoms with van der Waals surface area (Å²) in [5, 5.41) is 6.66. The van der Waals surface area contributed by atoms with E-state index in [0.717, 1.165) is 35.0 Å². The Morgan fingerprint density at radius 2 is 1.79 bits per heavy atom. The molecule has 160 valence electrons. The molecule has 0 aliphatic heterocycles. The summed E-state index contributed by atoms with van der Waals surface area (Å²) in [6, 6.07) is 14.2. The summed E-state index contributed by atoms with van der Waals surface area (Å²) < 4.78 is 16.3. The molecule has 0 heterocycles. The zero-order valence-electron chi connectivity index (χ0n) is 17.7. The molecule has 0 fully saturated rings. The number of nitrogens with zero attached hydrogens (tertiary/aromatic N) is 1. The molecule has 0 aliphatic carbocycles. The third-order valence-corrected chi connectivity index (χ3v) is 4.23. The summed E-state index contributed by atoms with van der Waals surface area (Å²) in [5.74, 6) is 2.47.